The van der Waals surface area contributed by atoms with Gasteiger partial charge in [0.05, 0.1) is 17.8 Å². The SMILES string of the molecule is O=C(O)C1CCCN(c2nn3cc(-c4ccccc4)nc3s2)C1. The van der Waals surface area contributed by atoms with Crippen molar-refractivity contribution in [3.63, 3.8) is 0 Å². The molecule has 1 N–H and O–H groups in total. The molecule has 1 fully saturated rings. The van der Waals surface area contributed by atoms with E-state index in [1.165, 1.54) is 11.3 Å². The molecule has 0 aliphatic carbocycles. The number of piperidine rings is 1. The number of aromatic nitrogens is 3. The summed E-state index contributed by atoms with van der Waals surface area (Å²) >= 11 is 1.51. The molecule has 1 saturated heterocycles. The van der Waals surface area contributed by atoms with Gasteiger partial charge in [0, 0.05) is 18.7 Å². The van der Waals surface area contributed by atoms with Crippen LogP contribution in [0.1, 0.15) is 12.8 Å². The Kier molecular flexibility index (Phi) is 3.49. The smallest absolute Gasteiger partial charge is 0.308 e. The summed E-state index contributed by atoms with van der Waals surface area (Å²) in [5, 5.41) is 14.6. The molecule has 0 spiro atoms. The van der Waals surface area contributed by atoms with Crippen LogP contribution in [0.2, 0.25) is 0 Å². The van der Waals surface area contributed by atoms with Gasteiger partial charge in [0.15, 0.2) is 0 Å². The van der Waals surface area contributed by atoms with Crippen LogP contribution in [0.25, 0.3) is 16.2 Å². The van der Waals surface area contributed by atoms with Crippen LogP contribution < -0.4 is 4.90 Å². The van der Waals surface area contributed by atoms with Crippen molar-refractivity contribution >= 4 is 27.4 Å². The average molecular weight is 328 g/mol. The molecule has 4 rings (SSSR count). The van der Waals surface area contributed by atoms with Crippen LogP contribution in [0, 0.1) is 5.92 Å². The third kappa shape index (κ3) is 2.68. The molecule has 23 heavy (non-hydrogen) atoms. The quantitative estimate of drug-likeness (QED) is 0.800. The Hall–Kier alpha value is -2.41. The first-order valence-corrected chi connectivity index (χ1v) is 8.42. The molecule has 0 amide bonds. The Balaban J connectivity index is 1.60. The Morgan fingerprint density at radius 1 is 1.30 bits per heavy atom. The lowest BCUT2D eigenvalue weighted by Gasteiger charge is -2.29. The van der Waals surface area contributed by atoms with Gasteiger partial charge in [-0.1, -0.05) is 41.7 Å². The topological polar surface area (TPSA) is 70.7 Å². The van der Waals surface area contributed by atoms with Gasteiger partial charge in [-0.3, -0.25) is 4.79 Å². The van der Waals surface area contributed by atoms with Gasteiger partial charge in [-0.2, -0.15) is 0 Å². The molecule has 6 nitrogen and oxygen atoms in total. The number of nitrogens with zero attached hydrogens (tertiary/aromatic N) is 4. The first kappa shape index (κ1) is 14.2. The number of carboxylic acid groups (broad SMARTS) is 1. The summed E-state index contributed by atoms with van der Waals surface area (Å²) in [6, 6.07) is 10.0. The number of anilines is 1. The molecule has 1 atom stereocenters. The number of benzene rings is 1. The summed E-state index contributed by atoms with van der Waals surface area (Å²) in [6.07, 6.45) is 3.55. The number of rotatable bonds is 3. The fraction of sp³-hybridized carbons (Fsp3) is 0.312. The maximum atomic E-state index is 11.2. The zero-order valence-electron chi connectivity index (χ0n) is 12.4. The van der Waals surface area contributed by atoms with Crippen LogP contribution in [0.15, 0.2) is 36.5 Å². The van der Waals surface area contributed by atoms with Crippen molar-refractivity contribution in [2.75, 3.05) is 18.0 Å². The van der Waals surface area contributed by atoms with Gasteiger partial charge in [-0.15, -0.1) is 5.10 Å². The predicted molar refractivity (Wildman–Crippen MR) is 88.9 cm³/mol. The third-order valence-electron chi connectivity index (χ3n) is 4.14. The second-order valence-electron chi connectivity index (χ2n) is 5.73. The van der Waals surface area contributed by atoms with Crippen LogP contribution in [0.5, 0.6) is 0 Å². The summed E-state index contributed by atoms with van der Waals surface area (Å²) in [5.74, 6) is -1.03. The average Bonchev–Trinajstić information content (AvgIpc) is 3.14. The number of hydrogen-bond acceptors (Lipinski definition) is 5. The molecule has 0 bridgehead atoms. The van der Waals surface area contributed by atoms with Gasteiger partial charge in [-0.05, 0) is 12.8 Å². The van der Waals surface area contributed by atoms with Crippen molar-refractivity contribution in [3.05, 3.63) is 36.5 Å². The molecule has 2 aromatic heterocycles. The standard InChI is InChI=1S/C16H16N4O2S/c21-14(22)12-7-4-8-19(9-12)16-18-20-10-13(17-15(20)23-16)11-5-2-1-3-6-11/h1-3,5-6,10,12H,4,7-9H2,(H,21,22). The summed E-state index contributed by atoms with van der Waals surface area (Å²) in [6.45, 7) is 1.38. The highest BCUT2D eigenvalue weighted by atomic mass is 32.1. The van der Waals surface area contributed by atoms with Crippen LogP contribution in [-0.2, 0) is 4.79 Å². The largest absolute Gasteiger partial charge is 0.481 e. The molecule has 7 heteroatoms. The minimum absolute atomic E-state index is 0.306. The maximum absolute atomic E-state index is 11.2. The first-order chi connectivity index (χ1) is 11.2. The zero-order chi connectivity index (χ0) is 15.8. The van der Waals surface area contributed by atoms with E-state index in [1.54, 1.807) is 4.52 Å². The number of hydrogen-bond donors (Lipinski definition) is 1. The Labute approximate surface area is 137 Å². The van der Waals surface area contributed by atoms with E-state index in [0.717, 1.165) is 40.7 Å². The molecule has 3 heterocycles. The molecule has 1 aliphatic rings. The first-order valence-electron chi connectivity index (χ1n) is 7.60. The normalized spacial score (nSPS) is 18.4. The number of fused-ring (bicyclic) bond motifs is 1. The van der Waals surface area contributed by atoms with E-state index in [2.05, 4.69) is 15.0 Å². The van der Waals surface area contributed by atoms with Crippen LogP contribution in [0.4, 0.5) is 5.13 Å². The van der Waals surface area contributed by atoms with Gasteiger partial charge >= 0.3 is 5.97 Å². The van der Waals surface area contributed by atoms with Crippen LogP contribution >= 0.6 is 11.3 Å². The predicted octanol–water partition coefficient (Wildman–Crippen LogP) is 2.76. The van der Waals surface area contributed by atoms with Gasteiger partial charge in [0.1, 0.15) is 0 Å². The molecule has 0 saturated carbocycles. The van der Waals surface area contributed by atoms with Crippen LogP contribution in [-0.4, -0.2) is 38.8 Å². The minimum atomic E-state index is -0.720. The second kappa shape index (κ2) is 5.66. The van der Waals surface area contributed by atoms with E-state index in [9.17, 15) is 9.90 Å². The van der Waals surface area contributed by atoms with Crippen molar-refractivity contribution < 1.29 is 9.90 Å². The van der Waals surface area contributed by atoms with E-state index >= 15 is 0 Å². The number of imidazole rings is 1. The van der Waals surface area contributed by atoms with Gasteiger partial charge in [-0.25, -0.2) is 9.50 Å². The highest BCUT2D eigenvalue weighted by Crippen LogP contribution is 2.29. The van der Waals surface area contributed by atoms with Gasteiger partial charge in [0.2, 0.25) is 10.1 Å². The lowest BCUT2D eigenvalue weighted by molar-refractivity contribution is -0.141. The second-order valence-corrected chi connectivity index (χ2v) is 6.66. The third-order valence-corrected chi connectivity index (χ3v) is 5.13. The summed E-state index contributed by atoms with van der Waals surface area (Å²) in [4.78, 5) is 18.7. The molecule has 0 radical (unpaired) electrons. The highest BCUT2D eigenvalue weighted by Gasteiger charge is 2.27. The summed E-state index contributed by atoms with van der Waals surface area (Å²) in [7, 11) is 0. The zero-order valence-corrected chi connectivity index (χ0v) is 13.2. The minimum Gasteiger partial charge on any atom is -0.481 e. The van der Waals surface area contributed by atoms with Crippen molar-refractivity contribution in [3.8, 4) is 11.3 Å². The monoisotopic (exact) mass is 328 g/mol. The maximum Gasteiger partial charge on any atom is 0.308 e. The Morgan fingerprint density at radius 2 is 2.13 bits per heavy atom. The number of aliphatic carboxylic acids is 1. The van der Waals surface area contributed by atoms with Crippen LogP contribution in [0.3, 0.4) is 0 Å². The number of carboxylic acids is 1. The van der Waals surface area contributed by atoms with Gasteiger partial charge < -0.3 is 10.0 Å². The fourth-order valence-electron chi connectivity index (χ4n) is 2.92. The highest BCUT2D eigenvalue weighted by molar-refractivity contribution is 7.20. The molecular weight excluding hydrogens is 312 g/mol. The van der Waals surface area contributed by atoms with E-state index < -0.39 is 5.97 Å². The van der Waals surface area contributed by atoms with E-state index in [0.29, 0.717) is 6.54 Å². The lowest BCUT2D eigenvalue weighted by Crippen LogP contribution is -2.38. The van der Waals surface area contributed by atoms with Crippen molar-refractivity contribution in [2.24, 2.45) is 5.92 Å². The summed E-state index contributed by atoms with van der Waals surface area (Å²) < 4.78 is 1.78. The molecular formula is C16H16N4O2S. The van der Waals surface area contributed by atoms with Crippen molar-refractivity contribution in [1.82, 2.24) is 14.6 Å². The molecule has 3 aromatic rings. The van der Waals surface area contributed by atoms with E-state index in [1.807, 2.05) is 36.5 Å². The van der Waals surface area contributed by atoms with E-state index in [-0.39, 0.29) is 5.92 Å². The molecule has 1 aromatic carbocycles. The number of carbonyl (C=O) groups is 1. The Bertz CT molecular complexity index is 811. The van der Waals surface area contributed by atoms with Crippen molar-refractivity contribution in [1.29, 1.82) is 0 Å². The molecule has 118 valence electrons. The Morgan fingerprint density at radius 3 is 2.87 bits per heavy atom. The van der Waals surface area contributed by atoms with Gasteiger partial charge in [0.25, 0.3) is 0 Å². The summed E-state index contributed by atoms with van der Waals surface area (Å²) in [5.41, 5.74) is 1.97. The van der Waals surface area contributed by atoms with E-state index in [4.69, 9.17) is 0 Å². The van der Waals surface area contributed by atoms with Crippen molar-refractivity contribution in [2.45, 2.75) is 12.8 Å². The fourth-order valence-corrected chi connectivity index (χ4v) is 3.84. The molecule has 1 unspecified atom stereocenters. The molecule has 1 aliphatic heterocycles. The lowest BCUT2D eigenvalue weighted by atomic mass is 9.99.